The highest BCUT2D eigenvalue weighted by Gasteiger charge is 2.40. The molecule has 0 aromatic carbocycles. The lowest BCUT2D eigenvalue weighted by Crippen LogP contribution is -2.46. The first-order chi connectivity index (χ1) is 7.44. The van der Waals surface area contributed by atoms with Gasteiger partial charge in [-0.3, -0.25) is 4.79 Å². The number of nitrogens with two attached hydrogens (primary N) is 1. The number of nitrogens with zero attached hydrogens (tertiary/aromatic N) is 1. The largest absolute Gasteiger partial charge is 0.480 e. The molecule has 88 valence electrons. The summed E-state index contributed by atoms with van der Waals surface area (Å²) in [7, 11) is 0. The SMILES string of the molecule is CC(C)(c1scnc1C1CC1)C(N)C(=O)O. The van der Waals surface area contributed by atoms with Crippen molar-refractivity contribution in [3.63, 3.8) is 0 Å². The van der Waals surface area contributed by atoms with E-state index in [1.54, 1.807) is 5.51 Å². The predicted molar refractivity (Wildman–Crippen MR) is 62.7 cm³/mol. The molecule has 1 aromatic rings. The van der Waals surface area contributed by atoms with Crippen molar-refractivity contribution >= 4 is 17.3 Å². The Morgan fingerprint density at radius 1 is 1.69 bits per heavy atom. The fourth-order valence-corrected chi connectivity index (χ4v) is 2.88. The first-order valence-corrected chi connectivity index (χ1v) is 6.24. The van der Waals surface area contributed by atoms with Crippen LogP contribution in [0.5, 0.6) is 0 Å². The summed E-state index contributed by atoms with van der Waals surface area (Å²) < 4.78 is 0. The molecule has 1 atom stereocenters. The number of aromatic nitrogens is 1. The smallest absolute Gasteiger partial charge is 0.321 e. The highest BCUT2D eigenvalue weighted by atomic mass is 32.1. The van der Waals surface area contributed by atoms with Crippen molar-refractivity contribution in [2.24, 2.45) is 5.73 Å². The van der Waals surface area contributed by atoms with Gasteiger partial charge in [-0.15, -0.1) is 11.3 Å². The van der Waals surface area contributed by atoms with Crippen LogP contribution in [0.3, 0.4) is 0 Å². The summed E-state index contributed by atoms with van der Waals surface area (Å²) in [5.41, 5.74) is 8.06. The standard InChI is InChI=1S/C11H16N2O2S/c1-11(2,8(12)10(14)15)9-7(6-3-4-6)13-5-16-9/h5-6,8H,3-4,12H2,1-2H3,(H,14,15). The minimum Gasteiger partial charge on any atom is -0.480 e. The predicted octanol–water partition coefficient (Wildman–Crippen LogP) is 1.71. The van der Waals surface area contributed by atoms with E-state index in [9.17, 15) is 4.79 Å². The van der Waals surface area contributed by atoms with Gasteiger partial charge in [0, 0.05) is 16.2 Å². The van der Waals surface area contributed by atoms with Crippen molar-refractivity contribution in [1.29, 1.82) is 0 Å². The summed E-state index contributed by atoms with van der Waals surface area (Å²) in [6.45, 7) is 3.76. The number of carbonyl (C=O) groups is 1. The van der Waals surface area contributed by atoms with Crippen molar-refractivity contribution in [3.8, 4) is 0 Å². The van der Waals surface area contributed by atoms with Gasteiger partial charge < -0.3 is 10.8 Å². The lowest BCUT2D eigenvalue weighted by molar-refractivity contribution is -0.140. The average molecular weight is 240 g/mol. The first-order valence-electron chi connectivity index (χ1n) is 5.37. The number of aliphatic carboxylic acids is 1. The zero-order valence-corrected chi connectivity index (χ0v) is 10.3. The van der Waals surface area contributed by atoms with E-state index >= 15 is 0 Å². The van der Waals surface area contributed by atoms with E-state index in [4.69, 9.17) is 10.8 Å². The topological polar surface area (TPSA) is 76.2 Å². The van der Waals surface area contributed by atoms with Crippen LogP contribution in [0.2, 0.25) is 0 Å². The van der Waals surface area contributed by atoms with Crippen molar-refractivity contribution < 1.29 is 9.90 Å². The van der Waals surface area contributed by atoms with E-state index in [1.165, 1.54) is 11.3 Å². The van der Waals surface area contributed by atoms with Crippen LogP contribution in [0, 0.1) is 0 Å². The van der Waals surface area contributed by atoms with Crippen LogP contribution in [-0.4, -0.2) is 22.1 Å². The van der Waals surface area contributed by atoms with Crippen LogP contribution >= 0.6 is 11.3 Å². The van der Waals surface area contributed by atoms with E-state index in [1.807, 2.05) is 13.8 Å². The zero-order valence-electron chi connectivity index (χ0n) is 9.43. The van der Waals surface area contributed by atoms with Crippen LogP contribution < -0.4 is 5.73 Å². The molecule has 0 bridgehead atoms. The molecule has 0 aliphatic heterocycles. The monoisotopic (exact) mass is 240 g/mol. The lowest BCUT2D eigenvalue weighted by Gasteiger charge is -2.28. The average Bonchev–Trinajstić information content (AvgIpc) is 2.94. The second-order valence-electron chi connectivity index (χ2n) is 4.88. The molecule has 5 heteroatoms. The molecule has 1 heterocycles. The van der Waals surface area contributed by atoms with Gasteiger partial charge >= 0.3 is 5.97 Å². The summed E-state index contributed by atoms with van der Waals surface area (Å²) in [6, 6.07) is -0.884. The molecule has 4 nitrogen and oxygen atoms in total. The summed E-state index contributed by atoms with van der Waals surface area (Å²) in [5, 5.41) is 9.02. The third kappa shape index (κ3) is 1.85. The lowest BCUT2D eigenvalue weighted by atomic mass is 9.82. The molecule has 1 aromatic heterocycles. The fourth-order valence-electron chi connectivity index (χ4n) is 1.83. The minimum atomic E-state index is -0.958. The van der Waals surface area contributed by atoms with E-state index < -0.39 is 17.4 Å². The highest BCUT2D eigenvalue weighted by molar-refractivity contribution is 7.10. The van der Waals surface area contributed by atoms with Crippen LogP contribution in [0.1, 0.15) is 43.2 Å². The highest BCUT2D eigenvalue weighted by Crippen LogP contribution is 2.45. The summed E-state index contributed by atoms with van der Waals surface area (Å²) in [6.07, 6.45) is 2.32. The Kier molecular flexibility index (Phi) is 2.75. The molecule has 1 fully saturated rings. The molecule has 2 rings (SSSR count). The third-order valence-corrected chi connectivity index (χ3v) is 4.37. The molecule has 1 saturated carbocycles. The Balaban J connectivity index is 2.34. The first kappa shape index (κ1) is 11.5. The number of carboxylic acids is 1. The van der Waals surface area contributed by atoms with Crippen molar-refractivity contribution in [1.82, 2.24) is 4.98 Å². The molecule has 1 aliphatic carbocycles. The molecule has 0 spiro atoms. The third-order valence-electron chi connectivity index (χ3n) is 3.19. The Morgan fingerprint density at radius 2 is 2.31 bits per heavy atom. The molecule has 0 radical (unpaired) electrons. The maximum absolute atomic E-state index is 11.0. The second-order valence-corrected chi connectivity index (χ2v) is 5.73. The van der Waals surface area contributed by atoms with Crippen LogP contribution in [0.4, 0.5) is 0 Å². The second kappa shape index (κ2) is 3.82. The van der Waals surface area contributed by atoms with Gasteiger partial charge in [-0.1, -0.05) is 13.8 Å². The Bertz CT molecular complexity index is 410. The molecular formula is C11H16N2O2S. The maximum Gasteiger partial charge on any atom is 0.321 e. The maximum atomic E-state index is 11.0. The number of carboxylic acid groups (broad SMARTS) is 1. The number of hydrogen-bond donors (Lipinski definition) is 2. The van der Waals surface area contributed by atoms with Crippen LogP contribution in [0.25, 0.3) is 0 Å². The molecule has 0 amide bonds. The molecule has 1 aliphatic rings. The van der Waals surface area contributed by atoms with E-state index in [0.717, 1.165) is 23.4 Å². The minimum absolute atomic E-state index is 0.529. The van der Waals surface area contributed by atoms with Crippen LogP contribution in [0.15, 0.2) is 5.51 Å². The zero-order chi connectivity index (χ0) is 11.9. The molecule has 3 N–H and O–H groups in total. The Morgan fingerprint density at radius 3 is 2.81 bits per heavy atom. The number of thiazole rings is 1. The van der Waals surface area contributed by atoms with Gasteiger partial charge in [0.1, 0.15) is 6.04 Å². The molecule has 0 saturated heterocycles. The van der Waals surface area contributed by atoms with Crippen molar-refractivity contribution in [2.45, 2.75) is 44.1 Å². The van der Waals surface area contributed by atoms with Crippen molar-refractivity contribution in [3.05, 3.63) is 16.1 Å². The molecular weight excluding hydrogens is 224 g/mol. The van der Waals surface area contributed by atoms with Gasteiger partial charge in [0.05, 0.1) is 11.2 Å². The van der Waals surface area contributed by atoms with Gasteiger partial charge in [-0.25, -0.2) is 4.98 Å². The normalized spacial score (nSPS) is 18.4. The molecule has 16 heavy (non-hydrogen) atoms. The Hall–Kier alpha value is -0.940. The van der Waals surface area contributed by atoms with Gasteiger partial charge in [-0.2, -0.15) is 0 Å². The van der Waals surface area contributed by atoms with E-state index in [0.29, 0.717) is 5.92 Å². The Labute approximate surface area is 98.5 Å². The number of hydrogen-bond acceptors (Lipinski definition) is 4. The van der Waals surface area contributed by atoms with Gasteiger partial charge in [0.25, 0.3) is 0 Å². The van der Waals surface area contributed by atoms with E-state index in [-0.39, 0.29) is 0 Å². The quantitative estimate of drug-likeness (QED) is 0.840. The van der Waals surface area contributed by atoms with Gasteiger partial charge in [-0.05, 0) is 12.8 Å². The summed E-state index contributed by atoms with van der Waals surface area (Å²) in [4.78, 5) is 16.4. The van der Waals surface area contributed by atoms with Crippen LogP contribution in [-0.2, 0) is 10.2 Å². The number of rotatable bonds is 4. The van der Waals surface area contributed by atoms with E-state index in [2.05, 4.69) is 4.98 Å². The van der Waals surface area contributed by atoms with Crippen molar-refractivity contribution in [2.75, 3.05) is 0 Å². The van der Waals surface area contributed by atoms with Gasteiger partial charge in [0.2, 0.25) is 0 Å². The molecule has 1 unspecified atom stereocenters. The summed E-state index contributed by atoms with van der Waals surface area (Å²) >= 11 is 1.52. The summed E-state index contributed by atoms with van der Waals surface area (Å²) in [5.74, 6) is -0.429. The fraction of sp³-hybridized carbons (Fsp3) is 0.636. The van der Waals surface area contributed by atoms with Gasteiger partial charge in [0.15, 0.2) is 0 Å².